The van der Waals surface area contributed by atoms with Gasteiger partial charge < -0.3 is 14.5 Å². The molecule has 1 atom stereocenters. The predicted octanol–water partition coefficient (Wildman–Crippen LogP) is 1.41. The van der Waals surface area contributed by atoms with E-state index in [4.69, 9.17) is 4.74 Å². The molecule has 1 aliphatic rings. The van der Waals surface area contributed by atoms with E-state index < -0.39 is 0 Å². The highest BCUT2D eigenvalue weighted by atomic mass is 16.5. The van der Waals surface area contributed by atoms with Gasteiger partial charge in [0, 0.05) is 38.0 Å². The van der Waals surface area contributed by atoms with Crippen LogP contribution in [0.4, 0.5) is 0 Å². The van der Waals surface area contributed by atoms with E-state index in [0.29, 0.717) is 0 Å². The predicted molar refractivity (Wildman–Crippen MR) is 90.7 cm³/mol. The first kappa shape index (κ1) is 16.9. The van der Waals surface area contributed by atoms with E-state index in [9.17, 15) is 4.79 Å². The zero-order chi connectivity index (χ0) is 17.3. The second-order valence-corrected chi connectivity index (χ2v) is 6.64. The minimum atomic E-state index is 0.0207. The monoisotopic (exact) mass is 331 g/mol. The maximum Gasteiger partial charge on any atom is 0.249 e. The van der Waals surface area contributed by atoms with Crippen LogP contribution in [0.3, 0.4) is 0 Å². The number of amides is 1. The summed E-state index contributed by atoms with van der Waals surface area (Å²) in [5.74, 6) is 0.0321. The maximum absolute atomic E-state index is 12.4. The molecule has 2 aromatic rings. The van der Waals surface area contributed by atoms with Gasteiger partial charge in [-0.3, -0.25) is 4.79 Å². The molecule has 1 fully saturated rings. The summed E-state index contributed by atoms with van der Waals surface area (Å²) in [6.07, 6.45) is 3.85. The van der Waals surface area contributed by atoms with Crippen LogP contribution in [0.5, 0.6) is 0 Å². The van der Waals surface area contributed by atoms with Crippen molar-refractivity contribution >= 4 is 11.6 Å². The SMILES string of the molecule is COCC(=O)N1CCC[C@@H]1c1c(CN(C)C)cnc2cc(C)nn12. The van der Waals surface area contributed by atoms with Crippen LogP contribution in [0.15, 0.2) is 12.3 Å². The molecule has 7 nitrogen and oxygen atoms in total. The van der Waals surface area contributed by atoms with Gasteiger partial charge in [0.05, 0.1) is 17.4 Å². The Balaban J connectivity index is 2.09. The van der Waals surface area contributed by atoms with Crippen LogP contribution in [0, 0.1) is 6.92 Å². The topological polar surface area (TPSA) is 63.0 Å². The highest BCUT2D eigenvalue weighted by Gasteiger charge is 2.33. The standard InChI is InChI=1S/C17H25N5O2/c1-12-8-15-18-9-13(10-20(2)3)17(22(15)19-12)14-6-5-7-21(14)16(23)11-24-4/h8-9,14H,5-7,10-11H2,1-4H3/t14-/m1/s1. The number of nitrogens with zero attached hydrogens (tertiary/aromatic N) is 5. The van der Waals surface area contributed by atoms with Crippen LogP contribution >= 0.6 is 0 Å². The van der Waals surface area contributed by atoms with Crippen molar-refractivity contribution in [2.24, 2.45) is 0 Å². The summed E-state index contributed by atoms with van der Waals surface area (Å²) in [5.41, 5.74) is 3.94. The Bertz CT molecular complexity index is 740. The molecule has 130 valence electrons. The van der Waals surface area contributed by atoms with Crippen molar-refractivity contribution in [2.75, 3.05) is 34.4 Å². The molecule has 0 saturated carbocycles. The molecule has 2 aromatic heterocycles. The summed E-state index contributed by atoms with van der Waals surface area (Å²) in [6, 6.07) is 1.99. The van der Waals surface area contributed by atoms with E-state index in [1.165, 1.54) is 0 Å². The third-order valence-electron chi connectivity index (χ3n) is 4.37. The Hall–Kier alpha value is -1.99. The van der Waals surface area contributed by atoms with E-state index in [1.54, 1.807) is 7.11 Å². The number of hydrogen-bond donors (Lipinski definition) is 0. The number of ether oxygens (including phenoxy) is 1. The molecule has 1 aliphatic heterocycles. The Kier molecular flexibility index (Phi) is 4.82. The summed E-state index contributed by atoms with van der Waals surface area (Å²) >= 11 is 0. The number of hydrogen-bond acceptors (Lipinski definition) is 5. The van der Waals surface area contributed by atoms with Gasteiger partial charge in [0.15, 0.2) is 5.65 Å². The second kappa shape index (κ2) is 6.86. The lowest BCUT2D eigenvalue weighted by Gasteiger charge is -2.27. The summed E-state index contributed by atoms with van der Waals surface area (Å²) < 4.78 is 6.97. The minimum absolute atomic E-state index is 0.0207. The van der Waals surface area contributed by atoms with Gasteiger partial charge in [0.1, 0.15) is 6.61 Å². The molecule has 7 heteroatoms. The fraction of sp³-hybridized carbons (Fsp3) is 0.588. The number of carbonyl (C=O) groups is 1. The van der Waals surface area contributed by atoms with Gasteiger partial charge in [-0.15, -0.1) is 0 Å². The molecule has 0 aliphatic carbocycles. The Morgan fingerprint density at radius 1 is 1.46 bits per heavy atom. The van der Waals surface area contributed by atoms with Crippen molar-refractivity contribution in [3.05, 3.63) is 29.2 Å². The van der Waals surface area contributed by atoms with Gasteiger partial charge in [-0.25, -0.2) is 9.50 Å². The summed E-state index contributed by atoms with van der Waals surface area (Å²) in [4.78, 5) is 21.0. The summed E-state index contributed by atoms with van der Waals surface area (Å²) in [5, 5.41) is 4.63. The van der Waals surface area contributed by atoms with Crippen LogP contribution in [0.25, 0.3) is 5.65 Å². The molecule has 3 rings (SSSR count). The van der Waals surface area contributed by atoms with E-state index >= 15 is 0 Å². The molecule has 0 unspecified atom stereocenters. The Morgan fingerprint density at radius 3 is 2.96 bits per heavy atom. The van der Waals surface area contributed by atoms with Gasteiger partial charge in [0.25, 0.3) is 0 Å². The molecule has 3 heterocycles. The van der Waals surface area contributed by atoms with Crippen LogP contribution in [0.1, 0.15) is 35.8 Å². The molecule has 0 N–H and O–H groups in total. The molecule has 1 amide bonds. The van der Waals surface area contributed by atoms with Crippen molar-refractivity contribution in [3.8, 4) is 0 Å². The van der Waals surface area contributed by atoms with Crippen molar-refractivity contribution < 1.29 is 9.53 Å². The smallest absolute Gasteiger partial charge is 0.249 e. The first-order chi connectivity index (χ1) is 11.5. The van der Waals surface area contributed by atoms with Gasteiger partial charge in [-0.05, 0) is 33.9 Å². The third-order valence-corrected chi connectivity index (χ3v) is 4.37. The second-order valence-electron chi connectivity index (χ2n) is 6.64. The highest BCUT2D eigenvalue weighted by Crippen LogP contribution is 2.34. The molecule has 0 aromatic carbocycles. The van der Waals surface area contributed by atoms with Gasteiger partial charge in [-0.2, -0.15) is 5.10 Å². The number of aromatic nitrogens is 3. The molecule has 1 saturated heterocycles. The molecular formula is C17H25N5O2. The van der Waals surface area contributed by atoms with E-state index in [2.05, 4.69) is 15.0 Å². The van der Waals surface area contributed by atoms with Crippen molar-refractivity contribution in [1.82, 2.24) is 24.4 Å². The molecule has 0 radical (unpaired) electrons. The van der Waals surface area contributed by atoms with Gasteiger partial charge in [0.2, 0.25) is 5.91 Å². The lowest BCUT2D eigenvalue weighted by atomic mass is 10.1. The number of carbonyl (C=O) groups excluding carboxylic acids is 1. The summed E-state index contributed by atoms with van der Waals surface area (Å²) in [6.45, 7) is 3.61. The van der Waals surface area contributed by atoms with E-state index in [0.717, 1.165) is 48.5 Å². The maximum atomic E-state index is 12.4. The third kappa shape index (κ3) is 3.14. The van der Waals surface area contributed by atoms with Crippen molar-refractivity contribution in [2.45, 2.75) is 32.4 Å². The quantitative estimate of drug-likeness (QED) is 0.829. The average molecular weight is 331 g/mol. The van der Waals surface area contributed by atoms with Crippen LogP contribution in [-0.2, 0) is 16.1 Å². The van der Waals surface area contributed by atoms with Crippen molar-refractivity contribution in [3.63, 3.8) is 0 Å². The summed E-state index contributed by atoms with van der Waals surface area (Å²) in [7, 11) is 5.62. The number of fused-ring (bicyclic) bond motifs is 1. The minimum Gasteiger partial charge on any atom is -0.375 e. The van der Waals surface area contributed by atoms with Crippen LogP contribution in [0.2, 0.25) is 0 Å². The highest BCUT2D eigenvalue weighted by molar-refractivity contribution is 5.78. The van der Waals surface area contributed by atoms with Gasteiger partial charge in [-0.1, -0.05) is 0 Å². The zero-order valence-electron chi connectivity index (χ0n) is 14.8. The van der Waals surface area contributed by atoms with Gasteiger partial charge >= 0.3 is 0 Å². The number of likely N-dealkylation sites (tertiary alicyclic amines) is 1. The van der Waals surface area contributed by atoms with Crippen LogP contribution in [-0.4, -0.2) is 64.7 Å². The number of rotatable bonds is 5. The molecule has 0 bridgehead atoms. The average Bonchev–Trinajstić information content (AvgIpc) is 3.12. The molecule has 24 heavy (non-hydrogen) atoms. The fourth-order valence-corrected chi connectivity index (χ4v) is 3.47. The number of methoxy groups -OCH3 is 1. The van der Waals surface area contributed by atoms with E-state index in [1.807, 2.05) is 42.7 Å². The lowest BCUT2D eigenvalue weighted by Crippen LogP contribution is -2.35. The molecular weight excluding hydrogens is 306 g/mol. The first-order valence-corrected chi connectivity index (χ1v) is 8.28. The zero-order valence-corrected chi connectivity index (χ0v) is 14.8. The van der Waals surface area contributed by atoms with Crippen LogP contribution < -0.4 is 0 Å². The Morgan fingerprint density at radius 2 is 2.25 bits per heavy atom. The lowest BCUT2D eigenvalue weighted by molar-refractivity contribution is -0.136. The van der Waals surface area contributed by atoms with Crippen molar-refractivity contribution in [1.29, 1.82) is 0 Å². The van der Waals surface area contributed by atoms with E-state index in [-0.39, 0.29) is 18.6 Å². The largest absolute Gasteiger partial charge is 0.375 e. The fourth-order valence-electron chi connectivity index (χ4n) is 3.47. The first-order valence-electron chi connectivity index (χ1n) is 8.28. The number of aryl methyl sites for hydroxylation is 1. The normalized spacial score (nSPS) is 18.0. The Labute approximate surface area is 142 Å². The molecule has 0 spiro atoms.